The van der Waals surface area contributed by atoms with Crippen LogP contribution in [0.2, 0.25) is 0 Å². The number of hydrogen-bond donors (Lipinski definition) is 1. The fourth-order valence-electron chi connectivity index (χ4n) is 1.89. The summed E-state index contributed by atoms with van der Waals surface area (Å²) >= 11 is 0. The Kier molecular flexibility index (Phi) is 2.74. The van der Waals surface area contributed by atoms with Gasteiger partial charge < -0.3 is 0 Å². The normalized spacial score (nSPS) is 27.5. The van der Waals surface area contributed by atoms with Gasteiger partial charge in [0, 0.05) is 12.1 Å². The number of hydrogen-bond acceptors (Lipinski definition) is 2. The molecule has 14 heavy (non-hydrogen) atoms. The van der Waals surface area contributed by atoms with E-state index in [0.717, 1.165) is 19.4 Å². The average molecular weight is 218 g/mol. The van der Waals surface area contributed by atoms with Crippen molar-refractivity contribution in [1.82, 2.24) is 4.31 Å². The molecule has 0 aromatic heterocycles. The van der Waals surface area contributed by atoms with Crippen LogP contribution in [0.25, 0.3) is 0 Å². The van der Waals surface area contributed by atoms with Crippen LogP contribution in [0, 0.1) is 4.78 Å². The lowest BCUT2D eigenvalue weighted by Crippen LogP contribution is -2.49. The predicted molar refractivity (Wildman–Crippen MR) is 60.6 cm³/mol. The highest BCUT2D eigenvalue weighted by atomic mass is 32.2. The molecule has 1 aliphatic heterocycles. The van der Waals surface area contributed by atoms with E-state index in [1.807, 2.05) is 25.1 Å². The maximum absolute atomic E-state index is 12.4. The maximum atomic E-state index is 12.4. The van der Waals surface area contributed by atoms with Crippen molar-refractivity contribution >= 4 is 9.92 Å². The van der Waals surface area contributed by atoms with Gasteiger partial charge in [-0.2, -0.15) is 0 Å². The van der Waals surface area contributed by atoms with Gasteiger partial charge in [-0.3, -0.25) is 0 Å². The first kappa shape index (κ1) is 12.0. The number of rotatable bonds is 1. The Morgan fingerprint density at radius 2 is 1.86 bits per heavy atom. The third-order valence-corrected chi connectivity index (χ3v) is 5.92. The first-order chi connectivity index (χ1) is 6.09. The first-order valence-electron chi connectivity index (χ1n) is 5.15. The van der Waals surface area contributed by atoms with Crippen LogP contribution in [0.1, 0.15) is 47.5 Å². The minimum atomic E-state index is -2.65. The molecule has 1 N–H and O–H groups in total. The molecular weight excluding hydrogens is 196 g/mol. The van der Waals surface area contributed by atoms with Crippen LogP contribution in [-0.4, -0.2) is 25.3 Å². The van der Waals surface area contributed by atoms with Crippen LogP contribution in [0.5, 0.6) is 0 Å². The van der Waals surface area contributed by atoms with E-state index < -0.39 is 14.7 Å². The summed E-state index contributed by atoms with van der Waals surface area (Å²) in [7, 11) is -2.65. The zero-order valence-corrected chi connectivity index (χ0v) is 10.7. The van der Waals surface area contributed by atoms with Gasteiger partial charge in [-0.15, -0.1) is 0 Å². The second-order valence-electron chi connectivity index (χ2n) is 5.66. The highest BCUT2D eigenvalue weighted by Crippen LogP contribution is 2.35. The molecule has 0 spiro atoms. The second kappa shape index (κ2) is 3.20. The summed E-state index contributed by atoms with van der Waals surface area (Å²) in [6, 6.07) is 0. The quantitative estimate of drug-likeness (QED) is 0.722. The molecule has 1 saturated heterocycles. The molecule has 1 aliphatic rings. The Bertz CT molecular complexity index is 312. The van der Waals surface area contributed by atoms with Gasteiger partial charge in [0.05, 0.1) is 4.75 Å². The van der Waals surface area contributed by atoms with E-state index in [1.165, 1.54) is 0 Å². The summed E-state index contributed by atoms with van der Waals surface area (Å²) in [4.78, 5) is 0. The lowest BCUT2D eigenvalue weighted by atomic mass is 10.0. The van der Waals surface area contributed by atoms with Crippen molar-refractivity contribution in [2.75, 3.05) is 6.54 Å². The molecule has 1 heterocycles. The molecule has 0 aromatic carbocycles. The van der Waals surface area contributed by atoms with E-state index >= 15 is 0 Å². The fourth-order valence-corrected chi connectivity index (χ4v) is 3.72. The molecule has 1 atom stereocenters. The zero-order chi connectivity index (χ0) is 11.2. The molecule has 1 fully saturated rings. The zero-order valence-electron chi connectivity index (χ0n) is 9.89. The minimum Gasteiger partial charge on any atom is -0.240 e. The Labute approximate surface area is 88.0 Å². The van der Waals surface area contributed by atoms with Crippen LogP contribution in [0.15, 0.2) is 0 Å². The Hall–Kier alpha value is -0.0900. The summed E-state index contributed by atoms with van der Waals surface area (Å²) in [5, 5.41) is 0. The monoisotopic (exact) mass is 218 g/mol. The molecule has 1 unspecified atom stereocenters. The smallest absolute Gasteiger partial charge is 0.113 e. The summed E-state index contributed by atoms with van der Waals surface area (Å²) < 4.78 is 21.9. The maximum Gasteiger partial charge on any atom is 0.113 e. The Morgan fingerprint density at radius 1 is 1.36 bits per heavy atom. The summed E-state index contributed by atoms with van der Waals surface area (Å²) in [6.45, 7) is 10.6. The third kappa shape index (κ3) is 1.82. The van der Waals surface area contributed by atoms with Gasteiger partial charge in [-0.05, 0) is 47.5 Å². The van der Waals surface area contributed by atoms with E-state index in [2.05, 4.69) is 13.8 Å². The van der Waals surface area contributed by atoms with Gasteiger partial charge in [-0.1, -0.05) is 0 Å². The molecule has 0 radical (unpaired) electrons. The largest absolute Gasteiger partial charge is 0.240 e. The summed E-state index contributed by atoms with van der Waals surface area (Å²) in [5.74, 6) is 0. The molecule has 84 valence electrons. The van der Waals surface area contributed by atoms with Crippen molar-refractivity contribution in [3.05, 3.63) is 0 Å². The van der Waals surface area contributed by atoms with Crippen molar-refractivity contribution in [1.29, 1.82) is 4.78 Å². The van der Waals surface area contributed by atoms with E-state index in [4.69, 9.17) is 4.78 Å². The van der Waals surface area contributed by atoms with E-state index in [1.54, 1.807) is 0 Å². The van der Waals surface area contributed by atoms with Gasteiger partial charge >= 0.3 is 0 Å². The van der Waals surface area contributed by atoms with Crippen LogP contribution in [-0.2, 0) is 9.92 Å². The fraction of sp³-hybridized carbons (Fsp3) is 1.00. The lowest BCUT2D eigenvalue weighted by Gasteiger charge is -2.38. The minimum absolute atomic E-state index is 0.0773. The summed E-state index contributed by atoms with van der Waals surface area (Å²) in [5.41, 5.74) is -0.0773. The van der Waals surface area contributed by atoms with Crippen molar-refractivity contribution in [3.8, 4) is 0 Å². The van der Waals surface area contributed by atoms with Crippen molar-refractivity contribution in [3.63, 3.8) is 0 Å². The van der Waals surface area contributed by atoms with Gasteiger partial charge in [0.2, 0.25) is 0 Å². The highest BCUT2D eigenvalue weighted by molar-refractivity contribution is 7.91. The SMILES string of the molecule is CC1(C)CCCN1S(=N)(=O)C(C)(C)C. The van der Waals surface area contributed by atoms with Gasteiger partial charge in [0.25, 0.3) is 0 Å². The molecule has 1 rings (SSSR count). The number of nitrogens with one attached hydrogen (secondary N) is 1. The van der Waals surface area contributed by atoms with E-state index in [-0.39, 0.29) is 5.54 Å². The number of nitrogens with zero attached hydrogens (tertiary/aromatic N) is 1. The van der Waals surface area contributed by atoms with Crippen LogP contribution >= 0.6 is 0 Å². The Balaban J connectivity index is 3.07. The molecule has 3 nitrogen and oxygen atoms in total. The highest BCUT2D eigenvalue weighted by Gasteiger charge is 2.42. The molecule has 0 aliphatic carbocycles. The molecular formula is C10H22N2OS. The van der Waals surface area contributed by atoms with Crippen LogP contribution in [0.4, 0.5) is 0 Å². The standard InChI is InChI=1S/C10H22N2OS/c1-9(2,3)14(11,13)12-8-6-7-10(12,4)5/h11H,6-8H2,1-5H3. The van der Waals surface area contributed by atoms with Gasteiger partial charge in [0.15, 0.2) is 0 Å². The van der Waals surface area contributed by atoms with Gasteiger partial charge in [0.1, 0.15) is 9.92 Å². The van der Waals surface area contributed by atoms with Crippen molar-refractivity contribution in [2.24, 2.45) is 0 Å². The molecule has 0 saturated carbocycles. The molecule has 4 heteroatoms. The van der Waals surface area contributed by atoms with E-state index in [0.29, 0.717) is 0 Å². The van der Waals surface area contributed by atoms with E-state index in [9.17, 15) is 4.21 Å². The van der Waals surface area contributed by atoms with Gasteiger partial charge in [-0.25, -0.2) is 13.3 Å². The van der Waals surface area contributed by atoms with Crippen LogP contribution < -0.4 is 0 Å². The molecule has 0 bridgehead atoms. The lowest BCUT2D eigenvalue weighted by molar-refractivity contribution is 0.296. The molecule has 0 aromatic rings. The van der Waals surface area contributed by atoms with Crippen molar-refractivity contribution < 1.29 is 4.21 Å². The topological polar surface area (TPSA) is 44.2 Å². The third-order valence-electron chi connectivity index (χ3n) is 2.97. The van der Waals surface area contributed by atoms with Crippen molar-refractivity contribution in [2.45, 2.75) is 57.7 Å². The van der Waals surface area contributed by atoms with Crippen LogP contribution in [0.3, 0.4) is 0 Å². The second-order valence-corrected chi connectivity index (χ2v) is 8.37. The first-order valence-corrected chi connectivity index (χ1v) is 6.67. The average Bonchev–Trinajstić information content (AvgIpc) is 2.27. The Morgan fingerprint density at radius 3 is 2.14 bits per heavy atom. The molecule has 0 amide bonds. The predicted octanol–water partition coefficient (Wildman–Crippen LogP) is 2.62. The summed E-state index contributed by atoms with van der Waals surface area (Å²) in [6.07, 6.45) is 2.10.